The van der Waals surface area contributed by atoms with Crippen molar-refractivity contribution in [1.29, 1.82) is 0 Å². The Hall–Kier alpha value is -3.12. The highest BCUT2D eigenvalue weighted by Gasteiger charge is 2.19. The molecule has 0 amide bonds. The first kappa shape index (κ1) is 17.7. The molecule has 1 heterocycles. The first-order chi connectivity index (χ1) is 12.3. The molecular weight excluding hydrogens is 360 g/mol. The summed E-state index contributed by atoms with van der Waals surface area (Å²) in [6.45, 7) is 2.40. The second-order valence-electron chi connectivity index (χ2n) is 5.46. The fraction of sp³-hybridized carbons (Fsp3) is 0.105. The molecule has 0 bridgehead atoms. The van der Waals surface area contributed by atoms with Gasteiger partial charge >= 0.3 is 17.6 Å². The van der Waals surface area contributed by atoms with Crippen molar-refractivity contribution >= 4 is 34.5 Å². The molecule has 0 fully saturated rings. The number of fused-ring (bicyclic) bond motifs is 1. The average molecular weight is 373 g/mol. The largest absolute Gasteiger partial charge is 0.423 e. The molecule has 26 heavy (non-hydrogen) atoms. The Kier molecular flexibility index (Phi) is 4.77. The molecule has 1 aromatic heterocycles. The zero-order valence-corrected chi connectivity index (χ0v) is 14.6. The van der Waals surface area contributed by atoms with E-state index in [1.165, 1.54) is 19.9 Å². The second kappa shape index (κ2) is 7.01. The van der Waals surface area contributed by atoms with Gasteiger partial charge in [-0.1, -0.05) is 23.7 Å². The van der Waals surface area contributed by atoms with E-state index in [4.69, 9.17) is 25.5 Å². The molecule has 0 atom stereocenters. The number of carbonyl (C=O) groups is 2. The molecule has 7 heteroatoms. The Labute approximate surface area is 152 Å². The standard InChI is InChI=1S/C19H13ClO6/c1-10(21)24-16-7-6-13-9-15(12-4-3-5-14(20)8-12)19(23)26-17(13)18(16)25-11(2)22/h3-9H,1-2H3. The first-order valence-electron chi connectivity index (χ1n) is 7.59. The predicted octanol–water partition coefficient (Wildman–Crippen LogP) is 3.96. The van der Waals surface area contributed by atoms with E-state index in [2.05, 4.69) is 0 Å². The molecule has 0 aliphatic carbocycles. The van der Waals surface area contributed by atoms with Crippen molar-refractivity contribution in [3.8, 4) is 22.6 Å². The summed E-state index contributed by atoms with van der Waals surface area (Å²) >= 11 is 5.98. The SMILES string of the molecule is CC(=O)Oc1ccc2cc(-c3cccc(Cl)c3)c(=O)oc2c1OC(C)=O. The lowest BCUT2D eigenvalue weighted by Crippen LogP contribution is -2.09. The Morgan fingerprint density at radius 2 is 1.73 bits per heavy atom. The van der Waals surface area contributed by atoms with Crippen LogP contribution in [0.4, 0.5) is 0 Å². The number of rotatable bonds is 3. The Bertz CT molecular complexity index is 1080. The van der Waals surface area contributed by atoms with Gasteiger partial charge in [0, 0.05) is 24.3 Å². The van der Waals surface area contributed by atoms with Crippen LogP contribution in [-0.4, -0.2) is 11.9 Å². The Balaban J connectivity index is 2.24. The highest BCUT2D eigenvalue weighted by molar-refractivity contribution is 6.30. The normalized spacial score (nSPS) is 10.6. The number of hydrogen-bond donors (Lipinski definition) is 0. The van der Waals surface area contributed by atoms with Gasteiger partial charge in [-0.3, -0.25) is 9.59 Å². The first-order valence-corrected chi connectivity index (χ1v) is 7.96. The lowest BCUT2D eigenvalue weighted by molar-refractivity contribution is -0.134. The van der Waals surface area contributed by atoms with Gasteiger partial charge in [0.15, 0.2) is 11.3 Å². The molecular formula is C19H13ClO6. The van der Waals surface area contributed by atoms with Crippen LogP contribution < -0.4 is 15.1 Å². The maximum atomic E-state index is 12.5. The summed E-state index contributed by atoms with van der Waals surface area (Å²) in [5, 5.41) is 0.972. The third kappa shape index (κ3) is 3.60. The summed E-state index contributed by atoms with van der Waals surface area (Å²) in [7, 11) is 0. The summed E-state index contributed by atoms with van der Waals surface area (Å²) in [5.74, 6) is -1.39. The quantitative estimate of drug-likeness (QED) is 0.393. The van der Waals surface area contributed by atoms with E-state index in [1.54, 1.807) is 36.4 Å². The third-order valence-corrected chi connectivity index (χ3v) is 3.69. The van der Waals surface area contributed by atoms with Gasteiger partial charge in [0.25, 0.3) is 0 Å². The second-order valence-corrected chi connectivity index (χ2v) is 5.89. The van der Waals surface area contributed by atoms with E-state index in [-0.39, 0.29) is 17.1 Å². The third-order valence-electron chi connectivity index (χ3n) is 3.46. The topological polar surface area (TPSA) is 82.8 Å². The molecule has 132 valence electrons. The van der Waals surface area contributed by atoms with Gasteiger partial charge in [-0.25, -0.2) is 4.79 Å². The molecule has 0 spiro atoms. The Morgan fingerprint density at radius 3 is 2.38 bits per heavy atom. The zero-order valence-electron chi connectivity index (χ0n) is 13.9. The summed E-state index contributed by atoms with van der Waals surface area (Å²) in [4.78, 5) is 35.1. The van der Waals surface area contributed by atoms with Crippen LogP contribution in [0.15, 0.2) is 51.7 Å². The smallest absolute Gasteiger partial charge is 0.344 e. The lowest BCUT2D eigenvalue weighted by atomic mass is 10.1. The number of halogens is 1. The molecule has 3 rings (SSSR count). The number of benzene rings is 2. The van der Waals surface area contributed by atoms with Crippen LogP contribution in [0.3, 0.4) is 0 Å². The summed E-state index contributed by atoms with van der Waals surface area (Å²) in [5.41, 5.74) is 0.253. The molecule has 2 aromatic carbocycles. The maximum Gasteiger partial charge on any atom is 0.344 e. The van der Waals surface area contributed by atoms with Crippen LogP contribution in [0.2, 0.25) is 5.02 Å². The van der Waals surface area contributed by atoms with Gasteiger partial charge in [-0.15, -0.1) is 0 Å². The molecule has 3 aromatic rings. The van der Waals surface area contributed by atoms with Crippen molar-refractivity contribution in [3.63, 3.8) is 0 Å². The zero-order chi connectivity index (χ0) is 18.8. The van der Waals surface area contributed by atoms with Crippen LogP contribution in [0, 0.1) is 0 Å². The maximum absolute atomic E-state index is 12.5. The van der Waals surface area contributed by atoms with Gasteiger partial charge in [0.05, 0.1) is 5.56 Å². The van der Waals surface area contributed by atoms with E-state index in [1.807, 2.05) is 0 Å². The van der Waals surface area contributed by atoms with E-state index in [0.717, 1.165) is 0 Å². The number of hydrogen-bond acceptors (Lipinski definition) is 6. The van der Waals surface area contributed by atoms with Crippen molar-refractivity contribution in [1.82, 2.24) is 0 Å². The van der Waals surface area contributed by atoms with Gasteiger partial charge in [0.2, 0.25) is 5.75 Å². The van der Waals surface area contributed by atoms with Crippen molar-refractivity contribution in [2.24, 2.45) is 0 Å². The lowest BCUT2D eigenvalue weighted by Gasteiger charge is -2.11. The van der Waals surface area contributed by atoms with Crippen LogP contribution in [0.5, 0.6) is 11.5 Å². The van der Waals surface area contributed by atoms with Crippen LogP contribution >= 0.6 is 11.6 Å². The van der Waals surface area contributed by atoms with E-state index < -0.39 is 17.6 Å². The molecule has 6 nitrogen and oxygen atoms in total. The van der Waals surface area contributed by atoms with E-state index in [0.29, 0.717) is 21.5 Å². The molecule has 0 saturated carbocycles. The molecule has 0 aliphatic heterocycles. The van der Waals surface area contributed by atoms with Crippen LogP contribution in [0.1, 0.15) is 13.8 Å². The van der Waals surface area contributed by atoms with Crippen molar-refractivity contribution < 1.29 is 23.5 Å². The van der Waals surface area contributed by atoms with Gasteiger partial charge in [0.1, 0.15) is 0 Å². The number of carbonyl (C=O) groups excluding carboxylic acids is 2. The van der Waals surface area contributed by atoms with Crippen molar-refractivity contribution in [3.05, 3.63) is 57.9 Å². The van der Waals surface area contributed by atoms with Gasteiger partial charge in [-0.2, -0.15) is 0 Å². The molecule has 0 radical (unpaired) electrons. The van der Waals surface area contributed by atoms with Crippen molar-refractivity contribution in [2.45, 2.75) is 13.8 Å². The number of ether oxygens (including phenoxy) is 2. The molecule has 0 aliphatic rings. The highest BCUT2D eigenvalue weighted by Crippen LogP contribution is 2.36. The van der Waals surface area contributed by atoms with Crippen LogP contribution in [0.25, 0.3) is 22.1 Å². The number of esters is 2. The summed E-state index contributed by atoms with van der Waals surface area (Å²) in [6, 6.07) is 11.4. The molecule has 0 unspecified atom stereocenters. The fourth-order valence-electron chi connectivity index (χ4n) is 2.47. The minimum Gasteiger partial charge on any atom is -0.423 e. The Morgan fingerprint density at radius 1 is 1.00 bits per heavy atom. The minimum atomic E-state index is -0.646. The highest BCUT2D eigenvalue weighted by atomic mass is 35.5. The summed E-state index contributed by atoms with van der Waals surface area (Å²) < 4.78 is 15.5. The molecule has 0 saturated heterocycles. The average Bonchev–Trinajstić information content (AvgIpc) is 2.56. The molecule has 0 N–H and O–H groups in total. The van der Waals surface area contributed by atoms with E-state index in [9.17, 15) is 14.4 Å². The minimum absolute atomic E-state index is 0.00901. The van der Waals surface area contributed by atoms with Crippen LogP contribution in [-0.2, 0) is 9.59 Å². The van der Waals surface area contributed by atoms with Gasteiger partial charge < -0.3 is 13.9 Å². The van der Waals surface area contributed by atoms with E-state index >= 15 is 0 Å². The predicted molar refractivity (Wildman–Crippen MR) is 95.5 cm³/mol. The summed E-state index contributed by atoms with van der Waals surface area (Å²) in [6.07, 6.45) is 0. The fourth-order valence-corrected chi connectivity index (χ4v) is 2.66. The van der Waals surface area contributed by atoms with Crippen molar-refractivity contribution in [2.75, 3.05) is 0 Å². The van der Waals surface area contributed by atoms with Gasteiger partial charge in [-0.05, 0) is 35.9 Å². The monoisotopic (exact) mass is 372 g/mol.